The highest BCUT2D eigenvalue weighted by molar-refractivity contribution is 9.10. The second-order valence-corrected chi connectivity index (χ2v) is 5.14. The Bertz CT molecular complexity index is 583. The van der Waals surface area contributed by atoms with Gasteiger partial charge in [-0.25, -0.2) is 4.98 Å². The Labute approximate surface area is 120 Å². The first kappa shape index (κ1) is 13.5. The number of carbonyl (C=O) groups is 1. The summed E-state index contributed by atoms with van der Waals surface area (Å²) >= 11 is 3.38. The average Bonchev–Trinajstić information content (AvgIpc) is 2.41. The minimum absolute atomic E-state index is 0.180. The molecule has 0 spiro atoms. The van der Waals surface area contributed by atoms with E-state index in [-0.39, 0.29) is 5.91 Å². The third-order valence-electron chi connectivity index (χ3n) is 2.72. The molecular formula is C14H14BrN3O. The first-order valence-corrected chi connectivity index (χ1v) is 6.57. The number of benzene rings is 1. The van der Waals surface area contributed by atoms with Crippen molar-refractivity contribution < 1.29 is 4.79 Å². The van der Waals surface area contributed by atoms with E-state index in [0.717, 1.165) is 10.0 Å². The second-order valence-electron chi connectivity index (χ2n) is 4.23. The number of halogens is 1. The van der Waals surface area contributed by atoms with Crippen molar-refractivity contribution in [1.29, 1.82) is 0 Å². The van der Waals surface area contributed by atoms with Gasteiger partial charge in [0.15, 0.2) is 5.69 Å². The first-order chi connectivity index (χ1) is 9.08. The highest BCUT2D eigenvalue weighted by Gasteiger charge is 2.15. The summed E-state index contributed by atoms with van der Waals surface area (Å²) in [5, 5.41) is 0. The zero-order valence-corrected chi connectivity index (χ0v) is 12.1. The van der Waals surface area contributed by atoms with Gasteiger partial charge in [0, 0.05) is 24.3 Å². The molecule has 19 heavy (non-hydrogen) atoms. The monoisotopic (exact) mass is 319 g/mol. The standard InChI is InChI=1S/C14H14BrN3O/c1-18(9-10-4-6-11(15)7-5-10)14(19)13-12(16)3-2-8-17-13/h2-8H,9,16H2,1H3. The zero-order valence-electron chi connectivity index (χ0n) is 10.5. The number of hydrogen-bond donors (Lipinski definition) is 1. The third-order valence-corrected chi connectivity index (χ3v) is 3.25. The van der Waals surface area contributed by atoms with Gasteiger partial charge in [0.05, 0.1) is 5.69 Å². The molecule has 1 aromatic heterocycles. The van der Waals surface area contributed by atoms with Crippen LogP contribution in [0.4, 0.5) is 5.69 Å². The SMILES string of the molecule is CN(Cc1ccc(Br)cc1)C(=O)c1ncccc1N. The van der Waals surface area contributed by atoms with E-state index in [4.69, 9.17) is 5.73 Å². The van der Waals surface area contributed by atoms with Crippen molar-refractivity contribution in [2.45, 2.75) is 6.54 Å². The zero-order chi connectivity index (χ0) is 13.8. The van der Waals surface area contributed by atoms with Crippen LogP contribution in [-0.2, 0) is 6.54 Å². The van der Waals surface area contributed by atoms with Gasteiger partial charge in [0.25, 0.3) is 5.91 Å². The minimum atomic E-state index is -0.180. The molecule has 4 nitrogen and oxygen atoms in total. The summed E-state index contributed by atoms with van der Waals surface area (Å²) in [5.41, 5.74) is 7.50. The summed E-state index contributed by atoms with van der Waals surface area (Å²) in [4.78, 5) is 17.8. The normalized spacial score (nSPS) is 10.2. The lowest BCUT2D eigenvalue weighted by molar-refractivity contribution is 0.0780. The number of amides is 1. The molecule has 5 heteroatoms. The molecule has 0 atom stereocenters. The van der Waals surface area contributed by atoms with Gasteiger partial charge in [-0.2, -0.15) is 0 Å². The van der Waals surface area contributed by atoms with E-state index < -0.39 is 0 Å². The van der Waals surface area contributed by atoms with Gasteiger partial charge < -0.3 is 10.6 Å². The van der Waals surface area contributed by atoms with Gasteiger partial charge in [0.2, 0.25) is 0 Å². The average molecular weight is 320 g/mol. The highest BCUT2D eigenvalue weighted by atomic mass is 79.9. The molecule has 2 aromatic rings. The smallest absolute Gasteiger partial charge is 0.274 e. The quantitative estimate of drug-likeness (QED) is 0.946. The van der Waals surface area contributed by atoms with Crippen LogP contribution in [0.1, 0.15) is 16.1 Å². The summed E-state index contributed by atoms with van der Waals surface area (Å²) in [6.07, 6.45) is 1.57. The van der Waals surface area contributed by atoms with E-state index in [0.29, 0.717) is 17.9 Å². The molecule has 1 amide bonds. The maximum atomic E-state index is 12.2. The Kier molecular flexibility index (Phi) is 4.16. The van der Waals surface area contributed by atoms with Crippen LogP contribution >= 0.6 is 15.9 Å². The maximum Gasteiger partial charge on any atom is 0.274 e. The van der Waals surface area contributed by atoms with E-state index in [9.17, 15) is 4.79 Å². The van der Waals surface area contributed by atoms with Crippen LogP contribution in [-0.4, -0.2) is 22.8 Å². The molecular weight excluding hydrogens is 306 g/mol. The summed E-state index contributed by atoms with van der Waals surface area (Å²) in [5.74, 6) is -0.180. The van der Waals surface area contributed by atoms with E-state index in [1.165, 1.54) is 0 Å². The number of nitrogens with two attached hydrogens (primary N) is 1. The van der Waals surface area contributed by atoms with Gasteiger partial charge >= 0.3 is 0 Å². The van der Waals surface area contributed by atoms with Crippen molar-refractivity contribution in [3.63, 3.8) is 0 Å². The fraction of sp³-hybridized carbons (Fsp3) is 0.143. The van der Waals surface area contributed by atoms with Crippen LogP contribution in [0.5, 0.6) is 0 Å². The Morgan fingerprint density at radius 3 is 2.63 bits per heavy atom. The number of aromatic nitrogens is 1. The van der Waals surface area contributed by atoms with Crippen LogP contribution in [0.25, 0.3) is 0 Å². The maximum absolute atomic E-state index is 12.2. The van der Waals surface area contributed by atoms with Crippen molar-refractivity contribution in [3.05, 3.63) is 58.3 Å². The lowest BCUT2D eigenvalue weighted by Gasteiger charge is -2.17. The fourth-order valence-corrected chi connectivity index (χ4v) is 1.98. The second kappa shape index (κ2) is 5.84. The molecule has 0 unspecified atom stereocenters. The number of nitrogen functional groups attached to an aromatic ring is 1. The number of anilines is 1. The Balaban J connectivity index is 2.12. The molecule has 2 N–H and O–H groups in total. The third kappa shape index (κ3) is 3.32. The highest BCUT2D eigenvalue weighted by Crippen LogP contribution is 2.14. The molecule has 0 saturated heterocycles. The van der Waals surface area contributed by atoms with Crippen LogP contribution < -0.4 is 5.73 Å². The van der Waals surface area contributed by atoms with Gasteiger partial charge in [0.1, 0.15) is 0 Å². The number of hydrogen-bond acceptors (Lipinski definition) is 3. The number of pyridine rings is 1. The Morgan fingerprint density at radius 2 is 2.00 bits per heavy atom. The number of rotatable bonds is 3. The van der Waals surface area contributed by atoms with E-state index >= 15 is 0 Å². The molecule has 1 heterocycles. The fourth-order valence-electron chi connectivity index (χ4n) is 1.71. The molecule has 2 rings (SSSR count). The van der Waals surface area contributed by atoms with E-state index in [1.807, 2.05) is 24.3 Å². The first-order valence-electron chi connectivity index (χ1n) is 5.78. The van der Waals surface area contributed by atoms with Crippen molar-refractivity contribution >= 4 is 27.5 Å². The Hall–Kier alpha value is -1.88. The van der Waals surface area contributed by atoms with Gasteiger partial charge in [-0.15, -0.1) is 0 Å². The van der Waals surface area contributed by atoms with Crippen LogP contribution in [0.3, 0.4) is 0 Å². The molecule has 0 aliphatic carbocycles. The largest absolute Gasteiger partial charge is 0.397 e. The molecule has 0 saturated carbocycles. The lowest BCUT2D eigenvalue weighted by atomic mass is 10.2. The van der Waals surface area contributed by atoms with Gasteiger partial charge in [-0.05, 0) is 29.8 Å². The van der Waals surface area contributed by atoms with Gasteiger partial charge in [-0.1, -0.05) is 28.1 Å². The molecule has 98 valence electrons. The van der Waals surface area contributed by atoms with Crippen molar-refractivity contribution in [3.8, 4) is 0 Å². The molecule has 1 aromatic carbocycles. The van der Waals surface area contributed by atoms with E-state index in [1.54, 1.807) is 30.3 Å². The number of carbonyl (C=O) groups excluding carboxylic acids is 1. The molecule has 0 bridgehead atoms. The van der Waals surface area contributed by atoms with Crippen LogP contribution in [0.2, 0.25) is 0 Å². The summed E-state index contributed by atoms with van der Waals surface area (Å²) in [6, 6.07) is 11.2. The Morgan fingerprint density at radius 1 is 1.32 bits per heavy atom. The van der Waals surface area contributed by atoms with Gasteiger partial charge in [-0.3, -0.25) is 4.79 Å². The predicted molar refractivity (Wildman–Crippen MR) is 78.6 cm³/mol. The van der Waals surface area contributed by atoms with Crippen LogP contribution in [0.15, 0.2) is 47.1 Å². The summed E-state index contributed by atoms with van der Waals surface area (Å²) in [7, 11) is 1.73. The van der Waals surface area contributed by atoms with E-state index in [2.05, 4.69) is 20.9 Å². The predicted octanol–water partition coefficient (Wildman–Crippen LogP) is 2.70. The molecule has 0 fully saturated rings. The van der Waals surface area contributed by atoms with Crippen molar-refractivity contribution in [1.82, 2.24) is 9.88 Å². The summed E-state index contributed by atoms with van der Waals surface area (Å²) < 4.78 is 1.01. The molecule has 0 aliphatic heterocycles. The van der Waals surface area contributed by atoms with Crippen molar-refractivity contribution in [2.75, 3.05) is 12.8 Å². The lowest BCUT2D eigenvalue weighted by Crippen LogP contribution is -2.27. The molecule has 0 radical (unpaired) electrons. The van der Waals surface area contributed by atoms with Crippen LogP contribution in [0, 0.1) is 0 Å². The summed E-state index contributed by atoms with van der Waals surface area (Å²) in [6.45, 7) is 0.516. The topological polar surface area (TPSA) is 59.2 Å². The minimum Gasteiger partial charge on any atom is -0.397 e. The number of nitrogens with zero attached hydrogens (tertiary/aromatic N) is 2. The van der Waals surface area contributed by atoms with Crippen molar-refractivity contribution in [2.24, 2.45) is 0 Å². The molecule has 0 aliphatic rings.